The molecule has 0 aliphatic rings. The molecule has 0 bridgehead atoms. The number of aromatic nitrogens is 3. The fourth-order valence-corrected chi connectivity index (χ4v) is 4.85. The van der Waals surface area contributed by atoms with Crippen LogP contribution in [0.1, 0.15) is 23.7 Å². The first kappa shape index (κ1) is 27.5. The number of likely N-dealkylation sites (N-methyl/N-ethyl adjacent to an activating group) is 1. The molecule has 0 unspecified atom stereocenters. The highest BCUT2D eigenvalue weighted by Gasteiger charge is 2.42. The Morgan fingerprint density at radius 1 is 1.13 bits per heavy atom. The highest BCUT2D eigenvalue weighted by Crippen LogP contribution is 2.37. The summed E-state index contributed by atoms with van der Waals surface area (Å²) in [6.45, 7) is 2.30. The standard InChI is InChI=1S/C27H25ClF4N4O2/c1-26(25(37)35(2)11-12-38-3,14-17-5-4-6-20(29)13-17)23-22(28)16-33-24-21(15-34-36(23)24)18-7-9-19(10-8-18)27(30,31)32/h4-10,13,15-16H,11-12,14H2,1-3H3/t26-/m0/s1. The van der Waals surface area contributed by atoms with Crippen LogP contribution >= 0.6 is 11.6 Å². The second-order valence-electron chi connectivity index (χ2n) is 9.18. The molecule has 0 N–H and O–H groups in total. The first-order chi connectivity index (χ1) is 18.0. The van der Waals surface area contributed by atoms with E-state index in [4.69, 9.17) is 16.3 Å². The lowest BCUT2D eigenvalue weighted by molar-refractivity contribution is -0.137. The van der Waals surface area contributed by atoms with E-state index in [9.17, 15) is 22.4 Å². The van der Waals surface area contributed by atoms with Crippen molar-refractivity contribution in [2.24, 2.45) is 0 Å². The molecule has 1 amide bonds. The van der Waals surface area contributed by atoms with Gasteiger partial charge in [0.25, 0.3) is 0 Å². The molecule has 0 spiro atoms. The van der Waals surface area contributed by atoms with E-state index in [1.807, 2.05) is 0 Å². The van der Waals surface area contributed by atoms with Crippen LogP contribution in [0.3, 0.4) is 0 Å². The van der Waals surface area contributed by atoms with Crippen LogP contribution in [-0.4, -0.2) is 52.7 Å². The van der Waals surface area contributed by atoms with Gasteiger partial charge in [-0.15, -0.1) is 0 Å². The van der Waals surface area contributed by atoms with E-state index >= 15 is 0 Å². The molecule has 6 nitrogen and oxygen atoms in total. The van der Waals surface area contributed by atoms with E-state index in [0.717, 1.165) is 12.1 Å². The lowest BCUT2D eigenvalue weighted by atomic mass is 9.78. The SMILES string of the molecule is COCCN(C)C(=O)[C@@](C)(Cc1cccc(F)c1)c1c(Cl)cnc2c(-c3ccc(C(F)(F)F)cc3)cnn12. The Kier molecular flexibility index (Phi) is 7.75. The molecule has 38 heavy (non-hydrogen) atoms. The van der Waals surface area contributed by atoms with Gasteiger partial charge < -0.3 is 9.64 Å². The van der Waals surface area contributed by atoms with Crippen LogP contribution in [0.25, 0.3) is 16.8 Å². The van der Waals surface area contributed by atoms with Gasteiger partial charge in [-0.25, -0.2) is 13.9 Å². The number of carbonyl (C=O) groups is 1. The van der Waals surface area contributed by atoms with Crippen LogP contribution in [-0.2, 0) is 27.5 Å². The minimum atomic E-state index is -4.47. The van der Waals surface area contributed by atoms with Gasteiger partial charge in [0, 0.05) is 32.5 Å². The summed E-state index contributed by atoms with van der Waals surface area (Å²) in [5, 5.41) is 4.59. The van der Waals surface area contributed by atoms with E-state index in [1.54, 1.807) is 26.1 Å². The van der Waals surface area contributed by atoms with Crippen molar-refractivity contribution in [2.75, 3.05) is 27.3 Å². The molecule has 0 aliphatic heterocycles. The maximum absolute atomic E-state index is 14.1. The molecule has 0 radical (unpaired) electrons. The van der Waals surface area contributed by atoms with Crippen molar-refractivity contribution in [2.45, 2.75) is 24.9 Å². The number of hydrogen-bond acceptors (Lipinski definition) is 4. The van der Waals surface area contributed by atoms with E-state index < -0.39 is 23.0 Å². The molecule has 4 aromatic rings. The number of amides is 1. The van der Waals surface area contributed by atoms with Gasteiger partial charge in [-0.05, 0) is 48.7 Å². The zero-order valence-corrected chi connectivity index (χ0v) is 21.6. The molecule has 2 aromatic heterocycles. The zero-order valence-electron chi connectivity index (χ0n) is 20.9. The average molecular weight is 549 g/mol. The maximum atomic E-state index is 14.1. The Bertz CT molecular complexity index is 1460. The molecule has 11 heteroatoms. The van der Waals surface area contributed by atoms with Crippen molar-refractivity contribution in [3.63, 3.8) is 0 Å². The van der Waals surface area contributed by atoms with Gasteiger partial charge in [0.1, 0.15) is 5.82 Å². The van der Waals surface area contributed by atoms with Gasteiger partial charge in [-0.1, -0.05) is 35.9 Å². The lowest BCUT2D eigenvalue weighted by Crippen LogP contribution is -2.47. The summed E-state index contributed by atoms with van der Waals surface area (Å²) >= 11 is 6.65. The van der Waals surface area contributed by atoms with Crippen molar-refractivity contribution in [1.29, 1.82) is 0 Å². The first-order valence-electron chi connectivity index (χ1n) is 11.6. The van der Waals surface area contributed by atoms with Gasteiger partial charge in [0.15, 0.2) is 5.65 Å². The van der Waals surface area contributed by atoms with Crippen LogP contribution < -0.4 is 0 Å². The van der Waals surface area contributed by atoms with E-state index in [0.29, 0.717) is 41.2 Å². The second kappa shape index (κ2) is 10.7. The van der Waals surface area contributed by atoms with E-state index in [1.165, 1.54) is 53.2 Å². The number of nitrogens with zero attached hydrogens (tertiary/aromatic N) is 4. The number of methoxy groups -OCH3 is 1. The Balaban J connectivity index is 1.87. The quantitative estimate of drug-likeness (QED) is 0.261. The van der Waals surface area contributed by atoms with Crippen molar-refractivity contribution in [3.05, 3.63) is 88.6 Å². The van der Waals surface area contributed by atoms with Crippen molar-refractivity contribution < 1.29 is 27.1 Å². The normalized spacial score (nSPS) is 13.5. The fourth-order valence-electron chi connectivity index (χ4n) is 4.52. The number of hydrogen-bond donors (Lipinski definition) is 0. The van der Waals surface area contributed by atoms with Crippen LogP contribution in [0.5, 0.6) is 0 Å². The van der Waals surface area contributed by atoms with Crippen molar-refractivity contribution in [1.82, 2.24) is 19.5 Å². The largest absolute Gasteiger partial charge is 0.416 e. The summed E-state index contributed by atoms with van der Waals surface area (Å²) in [5.41, 5.74) is 0.0219. The Morgan fingerprint density at radius 2 is 1.84 bits per heavy atom. The predicted octanol–water partition coefficient (Wildman–Crippen LogP) is 5.81. The molecule has 0 saturated carbocycles. The summed E-state index contributed by atoms with van der Waals surface area (Å²) in [7, 11) is 3.16. The molecule has 0 aliphatic carbocycles. The topological polar surface area (TPSA) is 59.7 Å². The molecule has 2 aromatic carbocycles. The number of benzene rings is 2. The highest BCUT2D eigenvalue weighted by atomic mass is 35.5. The van der Waals surface area contributed by atoms with Gasteiger partial charge >= 0.3 is 6.18 Å². The van der Waals surface area contributed by atoms with Crippen LogP contribution in [0.2, 0.25) is 5.02 Å². The summed E-state index contributed by atoms with van der Waals surface area (Å²) in [6, 6.07) is 10.6. The Labute approximate surface area is 221 Å². The molecule has 2 heterocycles. The Morgan fingerprint density at radius 3 is 2.47 bits per heavy atom. The summed E-state index contributed by atoms with van der Waals surface area (Å²) in [5.74, 6) is -0.750. The first-order valence-corrected chi connectivity index (χ1v) is 12.0. The molecule has 200 valence electrons. The van der Waals surface area contributed by atoms with Crippen LogP contribution in [0.15, 0.2) is 60.9 Å². The second-order valence-corrected chi connectivity index (χ2v) is 9.59. The summed E-state index contributed by atoms with van der Waals surface area (Å²) in [4.78, 5) is 19.8. The number of ether oxygens (including phenoxy) is 1. The van der Waals surface area contributed by atoms with Gasteiger partial charge in [-0.3, -0.25) is 4.79 Å². The third kappa shape index (κ3) is 5.37. The highest BCUT2D eigenvalue weighted by molar-refractivity contribution is 6.31. The third-order valence-corrected chi connectivity index (χ3v) is 6.70. The van der Waals surface area contributed by atoms with Gasteiger partial charge in [-0.2, -0.15) is 18.3 Å². The molecule has 0 saturated heterocycles. The lowest BCUT2D eigenvalue weighted by Gasteiger charge is -2.34. The average Bonchev–Trinajstić information content (AvgIpc) is 3.30. The minimum Gasteiger partial charge on any atom is -0.383 e. The summed E-state index contributed by atoms with van der Waals surface area (Å²) < 4.78 is 59.8. The number of carbonyl (C=O) groups excluding carboxylic acids is 1. The van der Waals surface area contributed by atoms with Crippen molar-refractivity contribution >= 4 is 23.2 Å². The molecule has 0 fully saturated rings. The van der Waals surface area contributed by atoms with Crippen LogP contribution in [0.4, 0.5) is 17.6 Å². The van der Waals surface area contributed by atoms with Crippen LogP contribution in [0, 0.1) is 5.82 Å². The molecule has 4 rings (SSSR count). The number of fused-ring (bicyclic) bond motifs is 1. The van der Waals surface area contributed by atoms with Crippen molar-refractivity contribution in [3.8, 4) is 11.1 Å². The summed E-state index contributed by atoms with van der Waals surface area (Å²) in [6.07, 6.45) is -1.53. The van der Waals surface area contributed by atoms with E-state index in [2.05, 4.69) is 10.1 Å². The molecular weight excluding hydrogens is 524 g/mol. The minimum absolute atomic E-state index is 0.0925. The number of rotatable bonds is 8. The van der Waals surface area contributed by atoms with Gasteiger partial charge in [0.2, 0.25) is 5.91 Å². The number of halogens is 5. The fraction of sp³-hybridized carbons (Fsp3) is 0.296. The van der Waals surface area contributed by atoms with E-state index in [-0.39, 0.29) is 17.4 Å². The Hall–Kier alpha value is -3.50. The smallest absolute Gasteiger partial charge is 0.383 e. The molecular formula is C27H25ClF4N4O2. The third-order valence-electron chi connectivity index (χ3n) is 6.42. The molecule has 1 atom stereocenters. The predicted molar refractivity (Wildman–Crippen MR) is 135 cm³/mol. The monoisotopic (exact) mass is 548 g/mol. The van der Waals surface area contributed by atoms with Gasteiger partial charge in [0.05, 0.1) is 34.5 Å². The number of alkyl halides is 3. The zero-order chi connectivity index (χ0) is 27.7. The maximum Gasteiger partial charge on any atom is 0.416 e.